The highest BCUT2D eigenvalue weighted by Crippen LogP contribution is 2.41. The van der Waals surface area contributed by atoms with Gasteiger partial charge < -0.3 is 9.47 Å². The smallest absolute Gasteiger partial charge is 0.214 e. The molecule has 0 aliphatic carbocycles. The fourth-order valence-corrected chi connectivity index (χ4v) is 3.77. The predicted molar refractivity (Wildman–Crippen MR) is 92.6 cm³/mol. The molecular weight excluding hydrogens is 324 g/mol. The molecule has 0 unspecified atom stereocenters. The van der Waals surface area contributed by atoms with E-state index < -0.39 is 12.0 Å². The summed E-state index contributed by atoms with van der Waals surface area (Å²) in [6, 6.07) is 11.0. The van der Waals surface area contributed by atoms with Crippen LogP contribution in [-0.2, 0) is 9.53 Å². The van der Waals surface area contributed by atoms with E-state index in [9.17, 15) is 9.59 Å². The van der Waals surface area contributed by atoms with E-state index in [0.717, 1.165) is 11.3 Å². The Hall–Kier alpha value is -2.40. The van der Waals surface area contributed by atoms with E-state index in [0.29, 0.717) is 16.2 Å². The van der Waals surface area contributed by atoms with Crippen LogP contribution in [0.1, 0.15) is 35.0 Å². The van der Waals surface area contributed by atoms with Crippen molar-refractivity contribution < 1.29 is 19.1 Å². The van der Waals surface area contributed by atoms with E-state index >= 15 is 0 Å². The number of methoxy groups -OCH3 is 1. The summed E-state index contributed by atoms with van der Waals surface area (Å²) >= 11 is 1.38. The number of thiophene rings is 1. The molecule has 0 spiro atoms. The van der Waals surface area contributed by atoms with Crippen LogP contribution >= 0.6 is 11.3 Å². The van der Waals surface area contributed by atoms with Crippen molar-refractivity contribution in [3.05, 3.63) is 63.6 Å². The molecule has 0 radical (unpaired) electrons. The van der Waals surface area contributed by atoms with E-state index in [-0.39, 0.29) is 11.6 Å². The van der Waals surface area contributed by atoms with Crippen molar-refractivity contribution in [1.82, 2.24) is 0 Å². The number of carbonyl (C=O) groups excluding carboxylic acids is 2. The number of rotatable bonds is 5. The van der Waals surface area contributed by atoms with Crippen LogP contribution in [0.15, 0.2) is 53.1 Å². The molecule has 0 amide bonds. The summed E-state index contributed by atoms with van der Waals surface area (Å²) in [4.78, 5) is 25.6. The van der Waals surface area contributed by atoms with Crippen LogP contribution in [0.5, 0.6) is 5.75 Å². The molecule has 5 heteroatoms. The Balaban J connectivity index is 2.03. The zero-order valence-corrected chi connectivity index (χ0v) is 14.6. The summed E-state index contributed by atoms with van der Waals surface area (Å²) in [6.07, 6.45) is -0.712. The quantitative estimate of drug-likeness (QED) is 0.771. The molecule has 1 aromatic carbocycles. The molecule has 0 saturated heterocycles. The lowest BCUT2D eigenvalue weighted by atomic mass is 9.84. The molecule has 0 fully saturated rings. The number of hydrogen-bond donors (Lipinski definition) is 0. The second-order valence-corrected chi connectivity index (χ2v) is 6.60. The second kappa shape index (κ2) is 6.61. The van der Waals surface area contributed by atoms with Crippen molar-refractivity contribution in [3.63, 3.8) is 0 Å². The van der Waals surface area contributed by atoms with Crippen LogP contribution in [0, 0.1) is 0 Å². The molecule has 0 bridgehead atoms. The molecule has 1 aliphatic heterocycles. The van der Waals surface area contributed by atoms with E-state index in [1.165, 1.54) is 18.3 Å². The molecule has 124 valence electrons. The van der Waals surface area contributed by atoms with E-state index in [4.69, 9.17) is 9.47 Å². The first-order valence-electron chi connectivity index (χ1n) is 7.63. The summed E-state index contributed by atoms with van der Waals surface area (Å²) < 4.78 is 11.0. The fraction of sp³-hybridized carbons (Fsp3) is 0.263. The average Bonchev–Trinajstić information content (AvgIpc) is 3.22. The number of benzene rings is 1. The third-order valence-electron chi connectivity index (χ3n) is 4.17. The Morgan fingerprint density at radius 3 is 2.42 bits per heavy atom. The van der Waals surface area contributed by atoms with Gasteiger partial charge in [0, 0.05) is 5.57 Å². The highest BCUT2D eigenvalue weighted by molar-refractivity contribution is 7.12. The lowest BCUT2D eigenvalue weighted by Gasteiger charge is -2.20. The Bertz CT molecular complexity index is 787. The molecule has 2 aromatic rings. The van der Waals surface area contributed by atoms with E-state index in [1.807, 2.05) is 35.7 Å². The van der Waals surface area contributed by atoms with Gasteiger partial charge in [-0.05, 0) is 43.0 Å². The Kier molecular flexibility index (Phi) is 4.53. The SMILES string of the molecule is COc1ccc([C@@H]2C(C(C)=O)=C(C)O[C@H]2C(=O)c2cccs2)cc1. The lowest BCUT2D eigenvalue weighted by Crippen LogP contribution is -2.27. The topological polar surface area (TPSA) is 52.6 Å². The van der Waals surface area contributed by atoms with Crippen molar-refractivity contribution in [2.45, 2.75) is 25.9 Å². The van der Waals surface area contributed by atoms with Crippen LogP contribution in [0.3, 0.4) is 0 Å². The first-order chi connectivity index (χ1) is 11.5. The largest absolute Gasteiger partial charge is 0.497 e. The van der Waals surface area contributed by atoms with Gasteiger partial charge in [0.1, 0.15) is 11.5 Å². The second-order valence-electron chi connectivity index (χ2n) is 5.66. The summed E-state index contributed by atoms with van der Waals surface area (Å²) in [5, 5.41) is 1.86. The number of allylic oxidation sites excluding steroid dienone is 1. The average molecular weight is 342 g/mol. The minimum Gasteiger partial charge on any atom is -0.497 e. The molecule has 4 nitrogen and oxygen atoms in total. The maximum absolute atomic E-state index is 12.9. The molecule has 3 rings (SSSR count). The molecule has 0 N–H and O–H groups in total. The highest BCUT2D eigenvalue weighted by Gasteiger charge is 2.43. The van der Waals surface area contributed by atoms with Gasteiger partial charge in [0.05, 0.1) is 17.9 Å². The molecule has 1 aromatic heterocycles. The van der Waals surface area contributed by atoms with Gasteiger partial charge in [-0.2, -0.15) is 0 Å². The number of hydrogen-bond acceptors (Lipinski definition) is 5. The Morgan fingerprint density at radius 2 is 1.88 bits per heavy atom. The van der Waals surface area contributed by atoms with Gasteiger partial charge in [0.25, 0.3) is 0 Å². The molecular formula is C19H18O4S. The van der Waals surface area contributed by atoms with Gasteiger partial charge >= 0.3 is 0 Å². The zero-order chi connectivity index (χ0) is 17.3. The first kappa shape index (κ1) is 16.5. The number of ketones is 2. The predicted octanol–water partition coefficient (Wildman–Crippen LogP) is 3.99. The molecule has 0 saturated carbocycles. The van der Waals surface area contributed by atoms with Gasteiger partial charge in [0.15, 0.2) is 11.9 Å². The normalized spacial score (nSPS) is 20.0. The van der Waals surface area contributed by atoms with Crippen molar-refractivity contribution in [3.8, 4) is 5.75 Å². The standard InChI is InChI=1S/C19H18O4S/c1-11(20)16-12(2)23-19(18(21)15-5-4-10-24-15)17(16)13-6-8-14(22-3)9-7-13/h4-10,17,19H,1-3H3/t17-,19-/m1/s1. The third-order valence-corrected chi connectivity index (χ3v) is 5.06. The van der Waals surface area contributed by atoms with Gasteiger partial charge in [-0.1, -0.05) is 18.2 Å². The van der Waals surface area contributed by atoms with Gasteiger partial charge in [-0.25, -0.2) is 0 Å². The van der Waals surface area contributed by atoms with Crippen LogP contribution in [0.25, 0.3) is 0 Å². The summed E-state index contributed by atoms with van der Waals surface area (Å²) in [5.74, 6) is 0.682. The van der Waals surface area contributed by atoms with E-state index in [2.05, 4.69) is 0 Å². The van der Waals surface area contributed by atoms with Crippen LogP contribution in [-0.4, -0.2) is 24.8 Å². The number of carbonyl (C=O) groups is 2. The maximum Gasteiger partial charge on any atom is 0.214 e. The summed E-state index contributed by atoms with van der Waals surface area (Å²) in [5.41, 5.74) is 1.43. The minimum atomic E-state index is -0.712. The van der Waals surface area contributed by atoms with Crippen molar-refractivity contribution in [2.24, 2.45) is 0 Å². The van der Waals surface area contributed by atoms with Gasteiger partial charge in [-0.15, -0.1) is 11.3 Å². The molecule has 1 aliphatic rings. The Labute approximate surface area is 144 Å². The minimum absolute atomic E-state index is 0.0743. The van der Waals surface area contributed by atoms with Crippen LogP contribution in [0.2, 0.25) is 0 Å². The Morgan fingerprint density at radius 1 is 1.17 bits per heavy atom. The van der Waals surface area contributed by atoms with Gasteiger partial charge in [-0.3, -0.25) is 9.59 Å². The molecule has 2 atom stereocenters. The van der Waals surface area contributed by atoms with Crippen molar-refractivity contribution in [1.29, 1.82) is 0 Å². The molecule has 24 heavy (non-hydrogen) atoms. The van der Waals surface area contributed by atoms with Crippen molar-refractivity contribution >= 4 is 22.9 Å². The highest BCUT2D eigenvalue weighted by atomic mass is 32.1. The van der Waals surface area contributed by atoms with E-state index in [1.54, 1.807) is 20.1 Å². The third kappa shape index (κ3) is 2.87. The number of ether oxygens (including phenoxy) is 2. The monoisotopic (exact) mass is 342 g/mol. The maximum atomic E-state index is 12.9. The summed E-state index contributed by atoms with van der Waals surface area (Å²) in [6.45, 7) is 3.26. The first-order valence-corrected chi connectivity index (χ1v) is 8.51. The van der Waals surface area contributed by atoms with Crippen molar-refractivity contribution in [2.75, 3.05) is 7.11 Å². The lowest BCUT2D eigenvalue weighted by molar-refractivity contribution is -0.113. The number of Topliss-reactive ketones (excluding diaryl/α,β-unsaturated/α-hetero) is 2. The summed E-state index contributed by atoms with van der Waals surface area (Å²) in [7, 11) is 1.60. The fourth-order valence-electron chi connectivity index (χ4n) is 3.08. The van der Waals surface area contributed by atoms with Gasteiger partial charge in [0.2, 0.25) is 5.78 Å². The zero-order valence-electron chi connectivity index (χ0n) is 13.7. The van der Waals surface area contributed by atoms with Crippen LogP contribution < -0.4 is 4.74 Å². The van der Waals surface area contributed by atoms with Crippen LogP contribution in [0.4, 0.5) is 0 Å². The molecule has 2 heterocycles.